The molecule has 1 rings (SSSR count). The van der Waals surface area contributed by atoms with Gasteiger partial charge in [-0.25, -0.2) is 4.79 Å². The van der Waals surface area contributed by atoms with Crippen LogP contribution < -0.4 is 11.1 Å². The second kappa shape index (κ2) is 5.65. The molecule has 0 aliphatic heterocycles. The van der Waals surface area contributed by atoms with Gasteiger partial charge in [0.15, 0.2) is 0 Å². The standard InChI is InChI=1S/C11H13ClN2O3/c1-6(13)10(15)14-9-5-7(12)3-4-8(9)11(16)17-2/h3-6H,13H2,1-2H3,(H,14,15)/t6-/m1/s1. The molecule has 0 unspecified atom stereocenters. The van der Waals surface area contributed by atoms with E-state index in [1.165, 1.54) is 32.2 Å². The molecule has 17 heavy (non-hydrogen) atoms. The molecule has 0 saturated heterocycles. The van der Waals surface area contributed by atoms with Crippen molar-refractivity contribution in [2.75, 3.05) is 12.4 Å². The molecule has 1 aromatic rings. The van der Waals surface area contributed by atoms with Crippen LogP contribution in [0.4, 0.5) is 5.69 Å². The molecular weight excluding hydrogens is 244 g/mol. The molecular formula is C11H13ClN2O3. The predicted octanol–water partition coefficient (Wildman–Crippen LogP) is 1.41. The molecule has 1 amide bonds. The van der Waals surface area contributed by atoms with Gasteiger partial charge in [0.1, 0.15) is 0 Å². The zero-order valence-electron chi connectivity index (χ0n) is 9.49. The molecule has 0 radical (unpaired) electrons. The minimum Gasteiger partial charge on any atom is -0.465 e. The zero-order valence-corrected chi connectivity index (χ0v) is 10.2. The second-order valence-electron chi connectivity index (χ2n) is 3.46. The van der Waals surface area contributed by atoms with E-state index in [2.05, 4.69) is 10.1 Å². The van der Waals surface area contributed by atoms with Gasteiger partial charge in [0.25, 0.3) is 0 Å². The minimum atomic E-state index is -0.681. The number of carbonyl (C=O) groups excluding carboxylic acids is 2. The summed E-state index contributed by atoms with van der Waals surface area (Å²) < 4.78 is 4.59. The van der Waals surface area contributed by atoms with E-state index >= 15 is 0 Å². The van der Waals surface area contributed by atoms with Gasteiger partial charge in [-0.15, -0.1) is 0 Å². The van der Waals surface area contributed by atoms with Gasteiger partial charge in [-0.3, -0.25) is 4.79 Å². The summed E-state index contributed by atoms with van der Waals surface area (Å²) >= 11 is 5.79. The molecule has 0 spiro atoms. The van der Waals surface area contributed by atoms with Gasteiger partial charge in [0.2, 0.25) is 5.91 Å². The van der Waals surface area contributed by atoms with Gasteiger partial charge < -0.3 is 15.8 Å². The number of benzene rings is 1. The van der Waals surface area contributed by atoms with E-state index < -0.39 is 17.9 Å². The smallest absolute Gasteiger partial charge is 0.339 e. The predicted molar refractivity (Wildman–Crippen MR) is 65.1 cm³/mol. The number of amides is 1. The van der Waals surface area contributed by atoms with Gasteiger partial charge in [-0.2, -0.15) is 0 Å². The average molecular weight is 257 g/mol. The monoisotopic (exact) mass is 256 g/mol. The zero-order chi connectivity index (χ0) is 13.0. The third-order valence-corrected chi connectivity index (χ3v) is 2.29. The Labute approximate surface area is 104 Å². The molecule has 0 saturated carbocycles. The summed E-state index contributed by atoms with van der Waals surface area (Å²) in [4.78, 5) is 22.9. The van der Waals surface area contributed by atoms with Crippen LogP contribution in [0.25, 0.3) is 0 Å². The lowest BCUT2D eigenvalue weighted by atomic mass is 10.1. The van der Waals surface area contributed by atoms with E-state index in [1.54, 1.807) is 0 Å². The lowest BCUT2D eigenvalue weighted by Gasteiger charge is -2.11. The summed E-state index contributed by atoms with van der Waals surface area (Å²) in [5.74, 6) is -0.959. The van der Waals surface area contributed by atoms with Crippen molar-refractivity contribution in [2.45, 2.75) is 13.0 Å². The van der Waals surface area contributed by atoms with Crippen LogP contribution in [0.3, 0.4) is 0 Å². The fourth-order valence-corrected chi connectivity index (χ4v) is 1.33. The summed E-state index contributed by atoms with van der Waals surface area (Å²) in [5.41, 5.74) is 5.93. The molecule has 1 atom stereocenters. The third kappa shape index (κ3) is 3.44. The van der Waals surface area contributed by atoms with E-state index in [0.717, 1.165) is 0 Å². The number of anilines is 1. The highest BCUT2D eigenvalue weighted by Crippen LogP contribution is 2.21. The van der Waals surface area contributed by atoms with Gasteiger partial charge in [-0.05, 0) is 25.1 Å². The summed E-state index contributed by atoms with van der Waals surface area (Å²) in [7, 11) is 1.26. The Kier molecular flexibility index (Phi) is 4.48. The number of methoxy groups -OCH3 is 1. The highest BCUT2D eigenvalue weighted by Gasteiger charge is 2.15. The maximum absolute atomic E-state index is 11.5. The Balaban J connectivity index is 3.07. The summed E-state index contributed by atoms with van der Waals surface area (Å²) in [6.45, 7) is 1.54. The van der Waals surface area contributed by atoms with Crippen LogP contribution >= 0.6 is 11.6 Å². The third-order valence-electron chi connectivity index (χ3n) is 2.06. The molecule has 1 aromatic carbocycles. The van der Waals surface area contributed by atoms with Crippen LogP contribution in [-0.4, -0.2) is 25.0 Å². The van der Waals surface area contributed by atoms with Gasteiger partial charge >= 0.3 is 5.97 Å². The Morgan fingerprint density at radius 2 is 2.12 bits per heavy atom. The lowest BCUT2D eigenvalue weighted by Crippen LogP contribution is -2.33. The summed E-state index contributed by atoms with van der Waals surface area (Å²) in [5, 5.41) is 2.92. The van der Waals surface area contributed by atoms with E-state index in [-0.39, 0.29) is 11.3 Å². The molecule has 6 heteroatoms. The number of carbonyl (C=O) groups is 2. The summed E-state index contributed by atoms with van der Waals surface area (Å²) in [6, 6.07) is 3.80. The highest BCUT2D eigenvalue weighted by atomic mass is 35.5. The van der Waals surface area contributed by atoms with Crippen LogP contribution in [0, 0.1) is 0 Å². The number of rotatable bonds is 3. The van der Waals surface area contributed by atoms with Crippen LogP contribution in [-0.2, 0) is 9.53 Å². The van der Waals surface area contributed by atoms with Crippen LogP contribution in [0.15, 0.2) is 18.2 Å². The largest absolute Gasteiger partial charge is 0.465 e. The Morgan fingerprint density at radius 1 is 1.47 bits per heavy atom. The van der Waals surface area contributed by atoms with Crippen molar-refractivity contribution in [1.29, 1.82) is 0 Å². The first-order chi connectivity index (χ1) is 7.95. The molecule has 0 heterocycles. The average Bonchev–Trinajstić information content (AvgIpc) is 2.28. The number of ether oxygens (including phenoxy) is 1. The van der Waals surface area contributed by atoms with Crippen molar-refractivity contribution >= 4 is 29.2 Å². The van der Waals surface area contributed by atoms with Crippen LogP contribution in [0.5, 0.6) is 0 Å². The Hall–Kier alpha value is -1.59. The van der Waals surface area contributed by atoms with Crippen molar-refractivity contribution in [3.8, 4) is 0 Å². The molecule has 5 nitrogen and oxygen atoms in total. The normalized spacial score (nSPS) is 11.8. The van der Waals surface area contributed by atoms with Gasteiger partial charge in [0, 0.05) is 5.02 Å². The van der Waals surface area contributed by atoms with Crippen molar-refractivity contribution in [3.63, 3.8) is 0 Å². The fraction of sp³-hybridized carbons (Fsp3) is 0.273. The molecule has 0 aromatic heterocycles. The molecule has 3 N–H and O–H groups in total. The first-order valence-electron chi connectivity index (χ1n) is 4.90. The minimum absolute atomic E-state index is 0.228. The maximum atomic E-state index is 11.5. The molecule has 92 valence electrons. The lowest BCUT2D eigenvalue weighted by molar-refractivity contribution is -0.117. The molecule has 0 bridgehead atoms. The first-order valence-corrected chi connectivity index (χ1v) is 5.27. The second-order valence-corrected chi connectivity index (χ2v) is 3.90. The fourth-order valence-electron chi connectivity index (χ4n) is 1.15. The number of nitrogens with one attached hydrogen (secondary N) is 1. The SMILES string of the molecule is COC(=O)c1ccc(Cl)cc1NC(=O)[C@@H](C)N. The topological polar surface area (TPSA) is 81.4 Å². The van der Waals surface area contributed by atoms with E-state index in [4.69, 9.17) is 17.3 Å². The number of esters is 1. The van der Waals surface area contributed by atoms with E-state index in [1.807, 2.05) is 0 Å². The molecule has 0 fully saturated rings. The van der Waals surface area contributed by atoms with Crippen LogP contribution in [0.1, 0.15) is 17.3 Å². The number of hydrogen-bond donors (Lipinski definition) is 2. The Bertz CT molecular complexity index is 446. The number of nitrogens with two attached hydrogens (primary N) is 1. The van der Waals surface area contributed by atoms with Gasteiger partial charge in [0.05, 0.1) is 24.4 Å². The maximum Gasteiger partial charge on any atom is 0.339 e. The molecule has 0 aliphatic rings. The van der Waals surface area contributed by atoms with Crippen molar-refractivity contribution in [1.82, 2.24) is 0 Å². The quantitative estimate of drug-likeness (QED) is 0.802. The first kappa shape index (κ1) is 13.5. The van der Waals surface area contributed by atoms with Gasteiger partial charge in [-0.1, -0.05) is 11.6 Å². The van der Waals surface area contributed by atoms with Crippen molar-refractivity contribution in [2.24, 2.45) is 5.73 Å². The highest BCUT2D eigenvalue weighted by molar-refractivity contribution is 6.31. The summed E-state index contributed by atoms with van der Waals surface area (Å²) in [6.07, 6.45) is 0. The molecule has 0 aliphatic carbocycles. The van der Waals surface area contributed by atoms with Crippen molar-refractivity contribution < 1.29 is 14.3 Å². The number of hydrogen-bond acceptors (Lipinski definition) is 4. The Morgan fingerprint density at radius 3 is 2.65 bits per heavy atom. The van der Waals surface area contributed by atoms with Crippen molar-refractivity contribution in [3.05, 3.63) is 28.8 Å². The van der Waals surface area contributed by atoms with Crippen LogP contribution in [0.2, 0.25) is 5.02 Å². The van der Waals surface area contributed by atoms with E-state index in [9.17, 15) is 9.59 Å². The number of halogens is 1. The van der Waals surface area contributed by atoms with E-state index in [0.29, 0.717) is 5.02 Å².